The summed E-state index contributed by atoms with van der Waals surface area (Å²) in [5.41, 5.74) is 3.55. The number of halogens is 1. The molecule has 1 aliphatic carbocycles. The number of amides is 1. The number of hydrogen-bond donors (Lipinski definition) is 1. The van der Waals surface area contributed by atoms with Gasteiger partial charge in [-0.25, -0.2) is 9.37 Å². The SMILES string of the molecule is CN1CCN(c2ccc(C(=O)N[C@H]3CC[C@@H](Oc4cc(N5CCOCC5)cc5nccnc45)CC3)c(F)c2)CC1. The number of morpholine rings is 1. The second kappa shape index (κ2) is 11.9. The Labute approximate surface area is 234 Å². The number of fused-ring (bicyclic) bond motifs is 1. The Hall–Kier alpha value is -3.50. The molecule has 0 bridgehead atoms. The molecule has 3 heterocycles. The zero-order valence-corrected chi connectivity index (χ0v) is 23.0. The van der Waals surface area contributed by atoms with Crippen LogP contribution in [-0.2, 0) is 4.74 Å². The summed E-state index contributed by atoms with van der Waals surface area (Å²) in [6.07, 6.45) is 6.52. The Morgan fingerprint density at radius 3 is 2.40 bits per heavy atom. The van der Waals surface area contributed by atoms with Crippen molar-refractivity contribution in [3.8, 4) is 5.75 Å². The molecule has 3 aliphatic rings. The molecule has 6 rings (SSSR count). The number of aromatic nitrogens is 2. The minimum atomic E-state index is -0.473. The van der Waals surface area contributed by atoms with Gasteiger partial charge in [0.25, 0.3) is 5.91 Å². The first kappa shape index (κ1) is 26.7. The van der Waals surface area contributed by atoms with Gasteiger partial charge in [0.1, 0.15) is 17.1 Å². The zero-order chi connectivity index (χ0) is 27.5. The van der Waals surface area contributed by atoms with Crippen molar-refractivity contribution in [3.05, 3.63) is 54.1 Å². The predicted octanol–water partition coefficient (Wildman–Crippen LogP) is 3.48. The summed E-state index contributed by atoms with van der Waals surface area (Å²) >= 11 is 0. The lowest BCUT2D eigenvalue weighted by Crippen LogP contribution is -2.44. The Balaban J connectivity index is 1.06. The molecule has 9 nitrogen and oxygen atoms in total. The highest BCUT2D eigenvalue weighted by molar-refractivity contribution is 5.95. The highest BCUT2D eigenvalue weighted by Crippen LogP contribution is 2.33. The molecule has 3 fully saturated rings. The van der Waals surface area contributed by atoms with E-state index >= 15 is 0 Å². The zero-order valence-electron chi connectivity index (χ0n) is 23.0. The van der Waals surface area contributed by atoms with E-state index in [-0.39, 0.29) is 23.6 Å². The number of nitrogens with zero attached hydrogens (tertiary/aromatic N) is 5. The van der Waals surface area contributed by atoms with E-state index in [9.17, 15) is 9.18 Å². The number of piperazine rings is 1. The molecule has 2 saturated heterocycles. The van der Waals surface area contributed by atoms with Gasteiger partial charge in [0.05, 0.1) is 30.4 Å². The molecule has 0 unspecified atom stereocenters. The summed E-state index contributed by atoms with van der Waals surface area (Å²) in [6, 6.07) is 9.06. The molecule has 3 aromatic rings. The Bertz CT molecular complexity index is 1330. The molecule has 1 saturated carbocycles. The van der Waals surface area contributed by atoms with Crippen LogP contribution < -0.4 is 19.9 Å². The molecule has 0 atom stereocenters. The first-order valence-electron chi connectivity index (χ1n) is 14.3. The van der Waals surface area contributed by atoms with Gasteiger partial charge in [-0.05, 0) is 57.0 Å². The van der Waals surface area contributed by atoms with Gasteiger partial charge >= 0.3 is 0 Å². The van der Waals surface area contributed by atoms with E-state index in [4.69, 9.17) is 9.47 Å². The van der Waals surface area contributed by atoms with Gasteiger partial charge in [-0.1, -0.05) is 0 Å². The standard InChI is InChI=1S/C30H37FN6O3/c1-35-10-12-36(13-11-35)22-4-7-25(26(31)18-22)30(38)34-21-2-5-24(6-3-21)40-28-20-23(37-14-16-39-17-15-37)19-27-29(28)33-9-8-32-27/h4,7-9,18-21,24H,2-3,5-6,10-17H2,1H3,(H,34,38)/t21-,24+. The average Bonchev–Trinajstić information content (AvgIpc) is 2.99. The second-order valence-corrected chi connectivity index (χ2v) is 11.0. The normalized spacial score (nSPS) is 22.4. The van der Waals surface area contributed by atoms with E-state index in [0.717, 1.165) is 93.1 Å². The fourth-order valence-corrected chi connectivity index (χ4v) is 5.84. The Kier molecular flexibility index (Phi) is 7.97. The van der Waals surface area contributed by atoms with Gasteiger partial charge in [-0.2, -0.15) is 0 Å². The average molecular weight is 549 g/mol. The van der Waals surface area contributed by atoms with Crippen LogP contribution in [0.4, 0.5) is 15.8 Å². The maximum absolute atomic E-state index is 14.9. The molecule has 2 aromatic carbocycles. The van der Waals surface area contributed by atoms with Crippen LogP contribution >= 0.6 is 0 Å². The van der Waals surface area contributed by atoms with Crippen LogP contribution in [0, 0.1) is 5.82 Å². The lowest BCUT2D eigenvalue weighted by molar-refractivity contribution is 0.0891. The summed E-state index contributed by atoms with van der Waals surface area (Å²) in [4.78, 5) is 28.7. The van der Waals surface area contributed by atoms with E-state index in [1.807, 2.05) is 6.07 Å². The third-order valence-corrected chi connectivity index (χ3v) is 8.27. The molecule has 40 heavy (non-hydrogen) atoms. The number of carbonyl (C=O) groups excluding carboxylic acids is 1. The first-order valence-corrected chi connectivity index (χ1v) is 14.3. The molecular weight excluding hydrogens is 511 g/mol. The van der Waals surface area contributed by atoms with Crippen molar-refractivity contribution in [2.45, 2.75) is 37.8 Å². The van der Waals surface area contributed by atoms with Crippen molar-refractivity contribution < 1.29 is 18.7 Å². The number of benzene rings is 2. The van der Waals surface area contributed by atoms with Gasteiger partial charge in [0, 0.05) is 75.1 Å². The molecule has 0 spiro atoms. The number of nitrogens with one attached hydrogen (secondary N) is 1. The van der Waals surface area contributed by atoms with Gasteiger partial charge in [-0.15, -0.1) is 0 Å². The minimum absolute atomic E-state index is 0.0119. The van der Waals surface area contributed by atoms with E-state index < -0.39 is 5.82 Å². The Morgan fingerprint density at radius 1 is 0.925 bits per heavy atom. The molecule has 0 radical (unpaired) electrons. The van der Waals surface area contributed by atoms with Crippen molar-refractivity contribution >= 4 is 28.3 Å². The van der Waals surface area contributed by atoms with Crippen molar-refractivity contribution in [1.82, 2.24) is 20.2 Å². The van der Waals surface area contributed by atoms with Crippen molar-refractivity contribution in [3.63, 3.8) is 0 Å². The van der Waals surface area contributed by atoms with Crippen LogP contribution in [-0.4, -0.2) is 92.5 Å². The van der Waals surface area contributed by atoms with E-state index in [1.165, 1.54) is 6.07 Å². The maximum Gasteiger partial charge on any atom is 0.254 e. The molecule has 212 valence electrons. The second-order valence-electron chi connectivity index (χ2n) is 11.0. The highest BCUT2D eigenvalue weighted by Gasteiger charge is 2.26. The highest BCUT2D eigenvalue weighted by atomic mass is 19.1. The largest absolute Gasteiger partial charge is 0.488 e. The van der Waals surface area contributed by atoms with Crippen molar-refractivity contribution in [1.29, 1.82) is 0 Å². The lowest BCUT2D eigenvalue weighted by atomic mass is 9.92. The molecule has 2 aliphatic heterocycles. The molecular formula is C30H37FN6O3. The van der Waals surface area contributed by atoms with Crippen LogP contribution in [0.2, 0.25) is 0 Å². The summed E-state index contributed by atoms with van der Waals surface area (Å²) in [5, 5.41) is 3.05. The third-order valence-electron chi connectivity index (χ3n) is 8.27. The van der Waals surface area contributed by atoms with Crippen LogP contribution in [0.15, 0.2) is 42.7 Å². The number of likely N-dealkylation sites (N-methyl/N-ethyl adjacent to an activating group) is 1. The van der Waals surface area contributed by atoms with Crippen LogP contribution in [0.1, 0.15) is 36.0 Å². The predicted molar refractivity (Wildman–Crippen MR) is 153 cm³/mol. The van der Waals surface area contributed by atoms with Crippen LogP contribution in [0.3, 0.4) is 0 Å². The molecule has 1 N–H and O–H groups in total. The fourth-order valence-electron chi connectivity index (χ4n) is 5.84. The maximum atomic E-state index is 14.9. The van der Waals surface area contributed by atoms with Crippen molar-refractivity contribution in [2.75, 3.05) is 69.3 Å². The summed E-state index contributed by atoms with van der Waals surface area (Å²) in [7, 11) is 2.09. The quantitative estimate of drug-likeness (QED) is 0.502. The number of rotatable bonds is 6. The molecule has 1 amide bonds. The summed E-state index contributed by atoms with van der Waals surface area (Å²) < 4.78 is 27.0. The monoisotopic (exact) mass is 548 g/mol. The van der Waals surface area contributed by atoms with Crippen molar-refractivity contribution in [2.24, 2.45) is 0 Å². The molecule has 10 heteroatoms. The van der Waals surface area contributed by atoms with Gasteiger partial charge in [0.15, 0.2) is 0 Å². The fraction of sp³-hybridized carbons (Fsp3) is 0.500. The Morgan fingerprint density at radius 2 is 1.65 bits per heavy atom. The van der Waals surface area contributed by atoms with E-state index in [0.29, 0.717) is 13.2 Å². The van der Waals surface area contributed by atoms with Gasteiger partial charge < -0.3 is 29.5 Å². The van der Waals surface area contributed by atoms with E-state index in [2.05, 4.69) is 49.2 Å². The molecule has 1 aromatic heterocycles. The smallest absolute Gasteiger partial charge is 0.254 e. The number of anilines is 2. The lowest BCUT2D eigenvalue weighted by Gasteiger charge is -2.34. The van der Waals surface area contributed by atoms with Gasteiger partial charge in [-0.3, -0.25) is 9.78 Å². The van der Waals surface area contributed by atoms with E-state index in [1.54, 1.807) is 18.5 Å². The number of ether oxygens (including phenoxy) is 2. The third kappa shape index (κ3) is 5.97. The van der Waals surface area contributed by atoms with Crippen LogP contribution in [0.25, 0.3) is 11.0 Å². The van der Waals surface area contributed by atoms with Crippen LogP contribution in [0.5, 0.6) is 5.75 Å². The summed E-state index contributed by atoms with van der Waals surface area (Å²) in [6.45, 7) is 6.66. The number of hydrogen-bond acceptors (Lipinski definition) is 8. The topological polar surface area (TPSA) is 83.1 Å². The first-order chi connectivity index (χ1) is 19.5. The summed E-state index contributed by atoms with van der Waals surface area (Å²) in [5.74, 6) is -0.0903. The number of carbonyl (C=O) groups is 1. The van der Waals surface area contributed by atoms with Gasteiger partial charge in [0.2, 0.25) is 0 Å². The minimum Gasteiger partial charge on any atom is -0.488 e.